The topological polar surface area (TPSA) is 68.9 Å². The monoisotopic (exact) mass is 418 g/mol. The molecule has 1 N–H and O–H groups in total. The zero-order valence-electron chi connectivity index (χ0n) is 19.1. The van der Waals surface area contributed by atoms with Crippen molar-refractivity contribution in [1.29, 1.82) is 0 Å². The first-order chi connectivity index (χ1) is 14.5. The second-order valence-electron chi connectivity index (χ2n) is 8.10. The summed E-state index contributed by atoms with van der Waals surface area (Å²) < 4.78 is 16.5. The number of phenolic OH excluding ortho intramolecular Hbond substituents is 1. The minimum atomic E-state index is -0.163. The van der Waals surface area contributed by atoms with Crippen LogP contribution in [0.15, 0.2) is 15.3 Å². The second kappa shape index (κ2) is 12.5. The molecule has 0 fully saturated rings. The SMILES string of the molecule is CCCCCCCCCCCCCc1oc2c(O)c(OC)cc(OC)c2c(=O)c1C. The van der Waals surface area contributed by atoms with E-state index < -0.39 is 0 Å². The Hall–Kier alpha value is -2.17. The number of phenols is 1. The van der Waals surface area contributed by atoms with Crippen LogP contribution >= 0.6 is 0 Å². The maximum absolute atomic E-state index is 12.9. The standard InChI is InChI=1S/C25H38O5/c1-5-6-7-8-9-10-11-12-13-14-15-16-19-18(2)23(26)22-20(28-3)17-21(29-4)24(27)25(22)30-19/h17,27H,5-16H2,1-4H3. The van der Waals surface area contributed by atoms with Crippen molar-refractivity contribution in [1.82, 2.24) is 0 Å². The molecule has 2 aromatic rings. The molecule has 30 heavy (non-hydrogen) atoms. The molecule has 1 aromatic heterocycles. The molecular weight excluding hydrogens is 380 g/mol. The summed E-state index contributed by atoms with van der Waals surface area (Å²) in [5.41, 5.74) is 0.557. The van der Waals surface area contributed by atoms with Crippen molar-refractivity contribution in [2.75, 3.05) is 14.2 Å². The number of hydrogen-bond donors (Lipinski definition) is 1. The fourth-order valence-corrected chi connectivity index (χ4v) is 3.93. The molecule has 2 rings (SSSR count). The Morgan fingerprint density at radius 1 is 0.867 bits per heavy atom. The van der Waals surface area contributed by atoms with Crippen LogP contribution in [0.25, 0.3) is 11.0 Å². The molecule has 0 saturated heterocycles. The van der Waals surface area contributed by atoms with Crippen molar-refractivity contribution >= 4 is 11.0 Å². The summed E-state index contributed by atoms with van der Waals surface area (Å²) in [4.78, 5) is 12.9. The fraction of sp³-hybridized carbons (Fsp3) is 0.640. The molecule has 5 heteroatoms. The third-order valence-electron chi connectivity index (χ3n) is 5.84. The van der Waals surface area contributed by atoms with Crippen LogP contribution in [0.3, 0.4) is 0 Å². The number of unbranched alkanes of at least 4 members (excludes halogenated alkanes) is 10. The van der Waals surface area contributed by atoms with Gasteiger partial charge in [0.25, 0.3) is 0 Å². The van der Waals surface area contributed by atoms with Crippen LogP contribution in [-0.4, -0.2) is 19.3 Å². The van der Waals surface area contributed by atoms with Crippen LogP contribution in [0.1, 0.15) is 88.9 Å². The van der Waals surface area contributed by atoms with Gasteiger partial charge in [-0.15, -0.1) is 0 Å². The van der Waals surface area contributed by atoms with Gasteiger partial charge in [-0.25, -0.2) is 0 Å². The minimum absolute atomic E-state index is 0.139. The molecule has 0 unspecified atom stereocenters. The molecule has 0 amide bonds. The van der Waals surface area contributed by atoms with E-state index in [0.29, 0.717) is 23.5 Å². The van der Waals surface area contributed by atoms with Gasteiger partial charge in [-0.3, -0.25) is 4.79 Å². The molecule has 0 atom stereocenters. The maximum Gasteiger partial charge on any atom is 0.202 e. The van der Waals surface area contributed by atoms with Gasteiger partial charge in [-0.2, -0.15) is 0 Å². The van der Waals surface area contributed by atoms with Crippen LogP contribution in [0, 0.1) is 6.92 Å². The Morgan fingerprint density at radius 3 is 1.93 bits per heavy atom. The summed E-state index contributed by atoms with van der Waals surface area (Å²) in [7, 11) is 2.94. The van der Waals surface area contributed by atoms with Crippen molar-refractivity contribution in [2.45, 2.75) is 90.9 Å². The molecule has 0 aliphatic carbocycles. The molecule has 0 spiro atoms. The van der Waals surface area contributed by atoms with E-state index in [1.807, 2.05) is 0 Å². The Balaban J connectivity index is 1.92. The van der Waals surface area contributed by atoms with E-state index in [0.717, 1.165) is 12.8 Å². The normalized spacial score (nSPS) is 11.2. The van der Waals surface area contributed by atoms with Gasteiger partial charge in [0.2, 0.25) is 5.75 Å². The van der Waals surface area contributed by atoms with Crippen molar-refractivity contribution in [3.05, 3.63) is 27.6 Å². The van der Waals surface area contributed by atoms with Crippen molar-refractivity contribution in [3.8, 4) is 17.2 Å². The zero-order chi connectivity index (χ0) is 21.9. The molecule has 168 valence electrons. The van der Waals surface area contributed by atoms with Crippen LogP contribution in [0.5, 0.6) is 17.2 Å². The van der Waals surface area contributed by atoms with Crippen molar-refractivity contribution < 1.29 is 19.0 Å². The van der Waals surface area contributed by atoms with Crippen LogP contribution in [-0.2, 0) is 6.42 Å². The Labute approximate surface area is 180 Å². The summed E-state index contributed by atoms with van der Waals surface area (Å²) in [6.45, 7) is 4.03. The lowest BCUT2D eigenvalue weighted by molar-refractivity contribution is 0.361. The van der Waals surface area contributed by atoms with E-state index >= 15 is 0 Å². The predicted octanol–water partition coefficient (Wildman–Crippen LogP) is 6.68. The van der Waals surface area contributed by atoms with Gasteiger partial charge >= 0.3 is 0 Å². The second-order valence-corrected chi connectivity index (χ2v) is 8.10. The Kier molecular flexibility index (Phi) is 10.0. The van der Waals surface area contributed by atoms with Crippen LogP contribution < -0.4 is 14.9 Å². The van der Waals surface area contributed by atoms with Gasteiger partial charge in [0.1, 0.15) is 16.9 Å². The molecule has 0 bridgehead atoms. The number of hydrogen-bond acceptors (Lipinski definition) is 5. The molecule has 0 aliphatic rings. The highest BCUT2D eigenvalue weighted by atomic mass is 16.5. The van der Waals surface area contributed by atoms with E-state index in [2.05, 4.69) is 6.92 Å². The number of aromatic hydroxyl groups is 1. The first-order valence-corrected chi connectivity index (χ1v) is 11.4. The summed E-state index contributed by atoms with van der Waals surface area (Å²) in [5, 5.41) is 10.7. The number of ether oxygens (including phenoxy) is 2. The summed E-state index contributed by atoms with van der Waals surface area (Å²) in [5.74, 6) is 1.05. The molecule has 1 aromatic carbocycles. The molecule has 5 nitrogen and oxygen atoms in total. The largest absolute Gasteiger partial charge is 0.502 e. The van der Waals surface area contributed by atoms with Gasteiger partial charge in [0, 0.05) is 18.1 Å². The van der Waals surface area contributed by atoms with E-state index in [9.17, 15) is 9.90 Å². The molecular formula is C25H38O5. The molecule has 1 heterocycles. The first-order valence-electron chi connectivity index (χ1n) is 11.4. The Morgan fingerprint density at radius 2 is 1.40 bits per heavy atom. The smallest absolute Gasteiger partial charge is 0.202 e. The van der Waals surface area contributed by atoms with Gasteiger partial charge in [-0.1, -0.05) is 71.1 Å². The van der Waals surface area contributed by atoms with Gasteiger partial charge < -0.3 is 19.0 Å². The lowest BCUT2D eigenvalue weighted by Gasteiger charge is -2.13. The summed E-state index contributed by atoms with van der Waals surface area (Å²) >= 11 is 0. The van der Waals surface area contributed by atoms with Crippen LogP contribution in [0.2, 0.25) is 0 Å². The highest BCUT2D eigenvalue weighted by Crippen LogP contribution is 2.40. The van der Waals surface area contributed by atoms with Gasteiger partial charge in [-0.05, 0) is 13.3 Å². The van der Waals surface area contributed by atoms with Gasteiger partial charge in [0.15, 0.2) is 16.8 Å². The van der Waals surface area contributed by atoms with E-state index in [1.54, 1.807) is 6.92 Å². The lowest BCUT2D eigenvalue weighted by atomic mass is 10.0. The van der Waals surface area contributed by atoms with Crippen LogP contribution in [0.4, 0.5) is 0 Å². The van der Waals surface area contributed by atoms with Gasteiger partial charge in [0.05, 0.1) is 14.2 Å². The molecule has 0 aliphatic heterocycles. The predicted molar refractivity (Wildman–Crippen MR) is 122 cm³/mol. The zero-order valence-corrected chi connectivity index (χ0v) is 19.1. The summed E-state index contributed by atoms with van der Waals surface area (Å²) in [6.07, 6.45) is 14.7. The number of rotatable bonds is 14. The average molecular weight is 419 g/mol. The summed E-state index contributed by atoms with van der Waals surface area (Å²) in [6, 6.07) is 1.51. The molecule has 0 radical (unpaired) electrons. The quantitative estimate of drug-likeness (QED) is 0.347. The number of fused-ring (bicyclic) bond motifs is 1. The molecule has 0 saturated carbocycles. The third kappa shape index (κ3) is 6.16. The third-order valence-corrected chi connectivity index (χ3v) is 5.84. The number of aryl methyl sites for hydroxylation is 1. The fourth-order valence-electron chi connectivity index (χ4n) is 3.93. The van der Waals surface area contributed by atoms with Crippen molar-refractivity contribution in [3.63, 3.8) is 0 Å². The minimum Gasteiger partial charge on any atom is -0.502 e. The number of benzene rings is 1. The first kappa shape index (κ1) is 24.1. The number of methoxy groups -OCH3 is 2. The maximum atomic E-state index is 12.9. The highest BCUT2D eigenvalue weighted by Gasteiger charge is 2.21. The Bertz CT molecular complexity index is 853. The highest BCUT2D eigenvalue weighted by molar-refractivity contribution is 5.91. The van der Waals surface area contributed by atoms with E-state index in [4.69, 9.17) is 13.9 Å². The lowest BCUT2D eigenvalue weighted by Crippen LogP contribution is -2.11. The van der Waals surface area contributed by atoms with E-state index in [1.165, 1.54) is 78.1 Å². The van der Waals surface area contributed by atoms with E-state index in [-0.39, 0.29) is 27.9 Å². The van der Waals surface area contributed by atoms with Crippen molar-refractivity contribution in [2.24, 2.45) is 0 Å². The average Bonchev–Trinajstić information content (AvgIpc) is 2.75.